The van der Waals surface area contributed by atoms with Crippen LogP contribution in [0.2, 0.25) is 5.02 Å². The number of ether oxygens (including phenoxy) is 1. The molecule has 3 rings (SSSR count). The standard InChI is InChI=1S/C19H21ClN2O3S/c20-16-6-7-18(25-13-19(23)24)17(12-16)21-8-10-22(11-9-21)26-14-15-4-2-1-3-5-15/h1-7,12H,8-11,13-14H2,(H,23,24). The molecule has 1 heterocycles. The van der Waals surface area contributed by atoms with E-state index in [1.165, 1.54) is 5.56 Å². The SMILES string of the molecule is O=C(O)COc1ccc(Cl)cc1N1CCN(SCc2ccccc2)CC1. The summed E-state index contributed by atoms with van der Waals surface area (Å²) in [6.07, 6.45) is 0. The Kier molecular flexibility index (Phi) is 6.66. The molecule has 0 amide bonds. The lowest BCUT2D eigenvalue weighted by molar-refractivity contribution is -0.139. The first-order valence-corrected chi connectivity index (χ1v) is 9.75. The second-order valence-corrected chi connectivity index (χ2v) is 7.47. The highest BCUT2D eigenvalue weighted by molar-refractivity contribution is 7.96. The van der Waals surface area contributed by atoms with Gasteiger partial charge in [0.2, 0.25) is 0 Å². The molecule has 1 aliphatic rings. The summed E-state index contributed by atoms with van der Waals surface area (Å²) < 4.78 is 7.79. The second-order valence-electron chi connectivity index (χ2n) is 5.97. The maximum Gasteiger partial charge on any atom is 0.341 e. The number of halogens is 1. The van der Waals surface area contributed by atoms with Gasteiger partial charge in [-0.05, 0) is 23.8 Å². The average Bonchev–Trinajstić information content (AvgIpc) is 2.66. The third-order valence-corrected chi connectivity index (χ3v) is 5.54. The molecule has 1 fully saturated rings. The zero-order valence-electron chi connectivity index (χ0n) is 14.3. The molecule has 0 spiro atoms. The van der Waals surface area contributed by atoms with Crippen LogP contribution in [0, 0.1) is 0 Å². The molecule has 0 aliphatic carbocycles. The van der Waals surface area contributed by atoms with Crippen LogP contribution in [0.25, 0.3) is 0 Å². The van der Waals surface area contributed by atoms with Crippen molar-refractivity contribution in [1.29, 1.82) is 0 Å². The lowest BCUT2D eigenvalue weighted by Gasteiger charge is -2.36. The van der Waals surface area contributed by atoms with E-state index in [2.05, 4.69) is 33.5 Å². The van der Waals surface area contributed by atoms with E-state index in [1.54, 1.807) is 12.1 Å². The minimum Gasteiger partial charge on any atom is -0.480 e. The Balaban J connectivity index is 1.57. The van der Waals surface area contributed by atoms with Gasteiger partial charge in [-0.15, -0.1) is 0 Å². The molecule has 2 aromatic rings. The zero-order chi connectivity index (χ0) is 18.4. The van der Waals surface area contributed by atoms with E-state index in [4.69, 9.17) is 21.4 Å². The number of aliphatic carboxylic acids is 1. The number of carboxylic acids is 1. The maximum absolute atomic E-state index is 10.8. The van der Waals surface area contributed by atoms with Gasteiger partial charge in [0.1, 0.15) is 5.75 Å². The summed E-state index contributed by atoms with van der Waals surface area (Å²) in [6, 6.07) is 15.7. The van der Waals surface area contributed by atoms with Gasteiger partial charge in [0.05, 0.1) is 5.69 Å². The molecular weight excluding hydrogens is 372 g/mol. The predicted octanol–water partition coefficient (Wildman–Crippen LogP) is 3.77. The first kappa shape index (κ1) is 18.9. The molecular formula is C19H21ClN2O3S. The zero-order valence-corrected chi connectivity index (χ0v) is 15.9. The second kappa shape index (κ2) is 9.16. The van der Waals surface area contributed by atoms with Crippen LogP contribution in [-0.2, 0) is 10.5 Å². The average molecular weight is 393 g/mol. The molecule has 7 heteroatoms. The van der Waals surface area contributed by atoms with Gasteiger partial charge in [0, 0.05) is 37.0 Å². The number of hydrogen-bond acceptors (Lipinski definition) is 5. The van der Waals surface area contributed by atoms with Crippen LogP contribution < -0.4 is 9.64 Å². The van der Waals surface area contributed by atoms with E-state index in [-0.39, 0.29) is 6.61 Å². The third-order valence-electron chi connectivity index (χ3n) is 4.11. The Morgan fingerprint density at radius 3 is 2.54 bits per heavy atom. The number of carbonyl (C=O) groups is 1. The minimum absolute atomic E-state index is 0.360. The molecule has 0 radical (unpaired) electrons. The van der Waals surface area contributed by atoms with Crippen LogP contribution in [-0.4, -0.2) is 48.2 Å². The van der Waals surface area contributed by atoms with E-state index in [1.807, 2.05) is 24.1 Å². The van der Waals surface area contributed by atoms with E-state index < -0.39 is 5.97 Å². The summed E-state index contributed by atoms with van der Waals surface area (Å²) in [6.45, 7) is 3.16. The Morgan fingerprint density at radius 2 is 1.85 bits per heavy atom. The molecule has 26 heavy (non-hydrogen) atoms. The van der Waals surface area contributed by atoms with Gasteiger partial charge in [0.15, 0.2) is 6.61 Å². The van der Waals surface area contributed by atoms with Gasteiger partial charge in [-0.25, -0.2) is 9.10 Å². The van der Waals surface area contributed by atoms with Crippen LogP contribution in [0.15, 0.2) is 48.5 Å². The summed E-state index contributed by atoms with van der Waals surface area (Å²) in [5.41, 5.74) is 2.17. The number of hydrogen-bond donors (Lipinski definition) is 1. The number of anilines is 1. The predicted molar refractivity (Wildman–Crippen MR) is 106 cm³/mol. The van der Waals surface area contributed by atoms with Crippen molar-refractivity contribution in [1.82, 2.24) is 4.31 Å². The highest BCUT2D eigenvalue weighted by Gasteiger charge is 2.21. The van der Waals surface area contributed by atoms with Crippen molar-refractivity contribution in [2.75, 3.05) is 37.7 Å². The highest BCUT2D eigenvalue weighted by Crippen LogP contribution is 2.33. The molecule has 0 atom stereocenters. The van der Waals surface area contributed by atoms with Crippen molar-refractivity contribution in [3.05, 3.63) is 59.1 Å². The van der Waals surface area contributed by atoms with Crippen LogP contribution >= 0.6 is 23.5 Å². The van der Waals surface area contributed by atoms with Gasteiger partial charge in [-0.1, -0.05) is 53.9 Å². The number of carboxylic acid groups (broad SMARTS) is 1. The fourth-order valence-corrected chi connectivity index (χ4v) is 3.91. The Labute approximate surface area is 162 Å². The Hall–Kier alpha value is -1.89. The van der Waals surface area contributed by atoms with Gasteiger partial charge in [-0.2, -0.15) is 0 Å². The molecule has 1 aliphatic heterocycles. The van der Waals surface area contributed by atoms with Crippen molar-refractivity contribution in [3.63, 3.8) is 0 Å². The van der Waals surface area contributed by atoms with Crippen molar-refractivity contribution in [2.45, 2.75) is 5.75 Å². The van der Waals surface area contributed by atoms with Crippen LogP contribution in [0.3, 0.4) is 0 Å². The number of nitrogens with zero attached hydrogens (tertiary/aromatic N) is 2. The van der Waals surface area contributed by atoms with Crippen molar-refractivity contribution >= 4 is 35.2 Å². The molecule has 5 nitrogen and oxygen atoms in total. The molecule has 0 bridgehead atoms. The molecule has 0 unspecified atom stereocenters. The highest BCUT2D eigenvalue weighted by atomic mass is 35.5. The minimum atomic E-state index is -0.993. The van der Waals surface area contributed by atoms with Crippen molar-refractivity contribution < 1.29 is 14.6 Å². The smallest absolute Gasteiger partial charge is 0.341 e. The molecule has 1 N–H and O–H groups in total. The van der Waals surface area contributed by atoms with Crippen LogP contribution in [0.5, 0.6) is 5.75 Å². The first-order chi connectivity index (χ1) is 12.6. The first-order valence-electron chi connectivity index (χ1n) is 8.43. The quantitative estimate of drug-likeness (QED) is 0.724. The number of piperazine rings is 1. The lowest BCUT2D eigenvalue weighted by atomic mass is 10.2. The summed E-state index contributed by atoms with van der Waals surface area (Å²) in [4.78, 5) is 13.0. The molecule has 0 saturated carbocycles. The third kappa shape index (κ3) is 5.30. The summed E-state index contributed by atoms with van der Waals surface area (Å²) >= 11 is 7.97. The van der Waals surface area contributed by atoms with E-state index in [0.29, 0.717) is 10.8 Å². The molecule has 0 aromatic heterocycles. The van der Waals surface area contributed by atoms with Gasteiger partial charge < -0.3 is 14.7 Å². The Bertz CT molecular complexity index is 737. The van der Waals surface area contributed by atoms with Crippen molar-refractivity contribution in [3.8, 4) is 5.75 Å². The topological polar surface area (TPSA) is 53.0 Å². The molecule has 138 valence electrons. The Morgan fingerprint density at radius 1 is 1.12 bits per heavy atom. The molecule has 2 aromatic carbocycles. The van der Waals surface area contributed by atoms with E-state index in [9.17, 15) is 4.79 Å². The normalized spacial score (nSPS) is 15.0. The van der Waals surface area contributed by atoms with Crippen LogP contribution in [0.1, 0.15) is 5.56 Å². The lowest BCUT2D eigenvalue weighted by Crippen LogP contribution is -2.43. The maximum atomic E-state index is 10.8. The largest absolute Gasteiger partial charge is 0.480 e. The summed E-state index contributed by atoms with van der Waals surface area (Å²) in [7, 11) is 0. The van der Waals surface area contributed by atoms with Gasteiger partial charge in [-0.3, -0.25) is 0 Å². The van der Waals surface area contributed by atoms with E-state index in [0.717, 1.165) is 37.6 Å². The number of benzene rings is 2. The van der Waals surface area contributed by atoms with Crippen molar-refractivity contribution in [2.24, 2.45) is 0 Å². The fourth-order valence-electron chi connectivity index (χ4n) is 2.80. The van der Waals surface area contributed by atoms with E-state index >= 15 is 0 Å². The van der Waals surface area contributed by atoms with Gasteiger partial charge in [0.25, 0.3) is 0 Å². The monoisotopic (exact) mass is 392 g/mol. The summed E-state index contributed by atoms with van der Waals surface area (Å²) in [5, 5.41) is 9.46. The molecule has 1 saturated heterocycles. The van der Waals surface area contributed by atoms with Crippen LogP contribution in [0.4, 0.5) is 5.69 Å². The van der Waals surface area contributed by atoms with Gasteiger partial charge >= 0.3 is 5.97 Å². The number of rotatable bonds is 7. The summed E-state index contributed by atoms with van der Waals surface area (Å²) in [5.74, 6) is 0.528. The fraction of sp³-hybridized carbons (Fsp3) is 0.316.